The summed E-state index contributed by atoms with van der Waals surface area (Å²) in [5, 5.41) is 47.2. The highest BCUT2D eigenvalue weighted by Gasteiger charge is 2.36. The zero-order valence-corrected chi connectivity index (χ0v) is 19.2. The van der Waals surface area contributed by atoms with Crippen LogP contribution in [0.1, 0.15) is 97.3 Å². The molecule has 184 valence electrons. The third kappa shape index (κ3) is 13.9. The molecule has 5 atom stereocenters. The molecule has 8 heteroatoms. The molecule has 0 rings (SSSR count). The van der Waals surface area contributed by atoms with Gasteiger partial charge in [-0.2, -0.15) is 0 Å². The van der Waals surface area contributed by atoms with Gasteiger partial charge in [-0.05, 0) is 18.8 Å². The van der Waals surface area contributed by atoms with Gasteiger partial charge in [-0.1, -0.05) is 78.1 Å². The van der Waals surface area contributed by atoms with Crippen molar-refractivity contribution < 1.29 is 39.9 Å². The molecule has 0 fully saturated rings. The number of unbranched alkanes of at least 4 members (excludes halogenated alkanes) is 8. The molecule has 0 aliphatic carbocycles. The molecule has 0 aliphatic rings. The van der Waals surface area contributed by atoms with Gasteiger partial charge in [0.2, 0.25) is 0 Å². The van der Waals surface area contributed by atoms with Gasteiger partial charge in [0.25, 0.3) is 0 Å². The molecule has 8 nitrogen and oxygen atoms in total. The summed E-state index contributed by atoms with van der Waals surface area (Å²) >= 11 is 0. The number of aliphatic hydroxyl groups is 5. The predicted molar refractivity (Wildman–Crippen MR) is 117 cm³/mol. The summed E-state index contributed by atoms with van der Waals surface area (Å²) in [5.74, 6) is -2.07. The number of rotatable bonds is 19. The molecule has 0 saturated carbocycles. The fourth-order valence-electron chi connectivity index (χ4n) is 3.53. The number of aliphatic hydroxyl groups excluding tert-OH is 5. The summed E-state index contributed by atoms with van der Waals surface area (Å²) in [6.07, 6.45) is 5.07. The standard InChI is InChI=1S/C23H44O8/c1-3-5-7-9-10-12-14-17(13-11-8-6-4-2)15-19(26)31-23(30)22(29)21(28)20(27)18(25)16-24/h17-18,20-22,24-25,27-29H,3-16H2,1-2H3/t17?,18-,20-,21+,22-/m1/s1. The van der Waals surface area contributed by atoms with Crippen LogP contribution < -0.4 is 0 Å². The summed E-state index contributed by atoms with van der Waals surface area (Å²) in [6.45, 7) is 3.44. The van der Waals surface area contributed by atoms with Crippen molar-refractivity contribution in [2.75, 3.05) is 6.61 Å². The second kappa shape index (κ2) is 18.5. The normalized spacial score (nSPS) is 16.4. The minimum absolute atomic E-state index is 0.0530. The van der Waals surface area contributed by atoms with E-state index in [9.17, 15) is 30.0 Å². The van der Waals surface area contributed by atoms with Gasteiger partial charge in [0, 0.05) is 6.42 Å². The lowest BCUT2D eigenvalue weighted by molar-refractivity contribution is -0.177. The van der Waals surface area contributed by atoms with E-state index in [1.54, 1.807) is 0 Å². The Morgan fingerprint density at radius 1 is 0.742 bits per heavy atom. The summed E-state index contributed by atoms with van der Waals surface area (Å²) in [4.78, 5) is 24.2. The van der Waals surface area contributed by atoms with Crippen LogP contribution >= 0.6 is 0 Å². The first-order valence-corrected chi connectivity index (χ1v) is 11.9. The lowest BCUT2D eigenvalue weighted by Crippen LogP contribution is -2.49. The number of carbonyl (C=O) groups excluding carboxylic acids is 2. The molecule has 0 aromatic heterocycles. The van der Waals surface area contributed by atoms with Crippen LogP contribution in [0.25, 0.3) is 0 Å². The van der Waals surface area contributed by atoms with Gasteiger partial charge in [0.1, 0.15) is 18.3 Å². The lowest BCUT2D eigenvalue weighted by atomic mass is 9.91. The first-order valence-electron chi connectivity index (χ1n) is 11.9. The minimum Gasteiger partial charge on any atom is -0.394 e. The first-order chi connectivity index (χ1) is 14.8. The Balaban J connectivity index is 4.59. The number of hydrogen-bond acceptors (Lipinski definition) is 8. The van der Waals surface area contributed by atoms with Crippen LogP contribution in [-0.2, 0) is 14.3 Å². The van der Waals surface area contributed by atoms with Gasteiger partial charge in [0.05, 0.1) is 6.61 Å². The van der Waals surface area contributed by atoms with E-state index >= 15 is 0 Å². The highest BCUT2D eigenvalue weighted by molar-refractivity contribution is 5.88. The molecular weight excluding hydrogens is 404 g/mol. The zero-order valence-electron chi connectivity index (χ0n) is 19.2. The zero-order chi connectivity index (χ0) is 23.6. The third-order valence-electron chi connectivity index (χ3n) is 5.60. The topological polar surface area (TPSA) is 145 Å². The molecule has 0 spiro atoms. The fraction of sp³-hybridized carbons (Fsp3) is 0.913. The van der Waals surface area contributed by atoms with Crippen LogP contribution in [0.2, 0.25) is 0 Å². The molecule has 0 aliphatic heterocycles. The molecule has 31 heavy (non-hydrogen) atoms. The van der Waals surface area contributed by atoms with Crippen LogP contribution in [0.4, 0.5) is 0 Å². The highest BCUT2D eigenvalue weighted by Crippen LogP contribution is 2.22. The Kier molecular flexibility index (Phi) is 17.9. The molecule has 0 heterocycles. The third-order valence-corrected chi connectivity index (χ3v) is 5.60. The van der Waals surface area contributed by atoms with Crippen molar-refractivity contribution in [1.82, 2.24) is 0 Å². The van der Waals surface area contributed by atoms with Crippen LogP contribution in [-0.4, -0.2) is 68.5 Å². The van der Waals surface area contributed by atoms with Gasteiger partial charge < -0.3 is 30.3 Å². The lowest BCUT2D eigenvalue weighted by Gasteiger charge is -2.24. The van der Waals surface area contributed by atoms with Gasteiger partial charge >= 0.3 is 11.9 Å². The number of ether oxygens (including phenoxy) is 1. The average Bonchev–Trinajstić information content (AvgIpc) is 2.76. The second-order valence-corrected chi connectivity index (χ2v) is 8.44. The molecule has 0 saturated heterocycles. The molecular formula is C23H44O8. The minimum atomic E-state index is -2.21. The predicted octanol–water partition coefficient (Wildman–Crippen LogP) is 2.22. The van der Waals surface area contributed by atoms with Gasteiger partial charge in [-0.25, -0.2) is 4.79 Å². The monoisotopic (exact) mass is 448 g/mol. The maximum absolute atomic E-state index is 12.2. The van der Waals surface area contributed by atoms with Crippen LogP contribution in [0.5, 0.6) is 0 Å². The summed E-state index contributed by atoms with van der Waals surface area (Å²) in [6, 6.07) is 0. The maximum atomic E-state index is 12.2. The Morgan fingerprint density at radius 2 is 1.23 bits per heavy atom. The maximum Gasteiger partial charge on any atom is 0.345 e. The summed E-state index contributed by atoms with van der Waals surface area (Å²) in [5.41, 5.74) is 0. The van der Waals surface area contributed by atoms with E-state index in [0.717, 1.165) is 51.4 Å². The Bertz CT molecular complexity index is 470. The molecule has 0 radical (unpaired) electrons. The van der Waals surface area contributed by atoms with Crippen molar-refractivity contribution in [2.45, 2.75) is 122 Å². The molecule has 0 aromatic rings. The van der Waals surface area contributed by atoms with Crippen LogP contribution in [0.3, 0.4) is 0 Å². The van der Waals surface area contributed by atoms with Crippen molar-refractivity contribution in [1.29, 1.82) is 0 Å². The van der Waals surface area contributed by atoms with Crippen LogP contribution in [0.15, 0.2) is 0 Å². The SMILES string of the molecule is CCCCCCCCC(CCCCCC)CC(=O)OC(=O)[C@H](O)[C@@H](O)[C@H](O)[C@H](O)CO. The summed E-state index contributed by atoms with van der Waals surface area (Å²) in [7, 11) is 0. The quantitative estimate of drug-likeness (QED) is 0.115. The van der Waals surface area contributed by atoms with Crippen molar-refractivity contribution in [3.8, 4) is 0 Å². The largest absolute Gasteiger partial charge is 0.394 e. The molecule has 0 bridgehead atoms. The van der Waals surface area contributed by atoms with E-state index in [1.807, 2.05) is 0 Å². The molecule has 5 N–H and O–H groups in total. The molecule has 1 unspecified atom stereocenters. The van der Waals surface area contributed by atoms with Crippen molar-refractivity contribution in [2.24, 2.45) is 5.92 Å². The van der Waals surface area contributed by atoms with Gasteiger partial charge in [-0.3, -0.25) is 4.79 Å². The van der Waals surface area contributed by atoms with E-state index in [1.165, 1.54) is 25.7 Å². The van der Waals surface area contributed by atoms with E-state index in [-0.39, 0.29) is 12.3 Å². The Hall–Kier alpha value is -1.06. The average molecular weight is 449 g/mol. The molecule has 0 amide bonds. The van der Waals surface area contributed by atoms with E-state index in [0.29, 0.717) is 0 Å². The van der Waals surface area contributed by atoms with E-state index in [4.69, 9.17) is 5.11 Å². The number of carbonyl (C=O) groups is 2. The van der Waals surface area contributed by atoms with Crippen molar-refractivity contribution in [3.63, 3.8) is 0 Å². The first kappa shape index (κ1) is 29.9. The van der Waals surface area contributed by atoms with Crippen molar-refractivity contribution >= 4 is 11.9 Å². The highest BCUT2D eigenvalue weighted by atomic mass is 16.6. The van der Waals surface area contributed by atoms with Gasteiger partial charge in [0.15, 0.2) is 6.10 Å². The smallest absolute Gasteiger partial charge is 0.345 e. The Morgan fingerprint density at radius 3 is 1.74 bits per heavy atom. The Labute approximate surface area is 186 Å². The van der Waals surface area contributed by atoms with Gasteiger partial charge in [-0.15, -0.1) is 0 Å². The molecule has 0 aromatic carbocycles. The van der Waals surface area contributed by atoms with Crippen molar-refractivity contribution in [3.05, 3.63) is 0 Å². The number of esters is 2. The second-order valence-electron chi connectivity index (χ2n) is 8.44. The summed E-state index contributed by atoms with van der Waals surface area (Å²) < 4.78 is 4.67. The fourth-order valence-corrected chi connectivity index (χ4v) is 3.53. The van der Waals surface area contributed by atoms with Crippen LogP contribution in [0, 0.1) is 5.92 Å². The number of hydrogen-bond donors (Lipinski definition) is 5. The van der Waals surface area contributed by atoms with E-state index in [2.05, 4.69) is 18.6 Å². The van der Waals surface area contributed by atoms with E-state index < -0.39 is 43.0 Å².